The normalized spacial score (nSPS) is 10.9. The lowest BCUT2D eigenvalue weighted by atomic mass is 10.0. The summed E-state index contributed by atoms with van der Waals surface area (Å²) in [6.07, 6.45) is 4.56. The number of halogens is 1. The summed E-state index contributed by atoms with van der Waals surface area (Å²) in [6.45, 7) is 0.340. The molecule has 4 rings (SSSR count). The number of aromatic amines is 1. The van der Waals surface area contributed by atoms with E-state index in [1.54, 1.807) is 26.5 Å². The zero-order chi connectivity index (χ0) is 20.2. The van der Waals surface area contributed by atoms with Gasteiger partial charge in [-0.15, -0.1) is 0 Å². The van der Waals surface area contributed by atoms with Gasteiger partial charge in [0.1, 0.15) is 18.0 Å². The molecule has 0 unspecified atom stereocenters. The van der Waals surface area contributed by atoms with Gasteiger partial charge in [-0.05, 0) is 53.9 Å². The van der Waals surface area contributed by atoms with Crippen LogP contribution in [-0.2, 0) is 13.0 Å². The van der Waals surface area contributed by atoms with E-state index in [1.165, 1.54) is 5.56 Å². The second-order valence-electron chi connectivity index (χ2n) is 6.62. The van der Waals surface area contributed by atoms with Crippen molar-refractivity contribution in [1.82, 2.24) is 9.97 Å². The molecule has 0 aliphatic heterocycles. The Morgan fingerprint density at radius 2 is 1.86 bits per heavy atom. The Bertz CT molecular complexity index is 1140. The van der Waals surface area contributed by atoms with Gasteiger partial charge in [-0.25, -0.2) is 4.98 Å². The van der Waals surface area contributed by atoms with E-state index in [4.69, 9.17) is 25.8 Å². The predicted molar refractivity (Wildman–Crippen MR) is 114 cm³/mol. The first-order valence-electron chi connectivity index (χ1n) is 9.21. The maximum atomic E-state index is 6.30. The third-order valence-electron chi connectivity index (χ3n) is 4.80. The minimum absolute atomic E-state index is 0.340. The smallest absolute Gasteiger partial charge is 0.161 e. The van der Waals surface area contributed by atoms with E-state index >= 15 is 0 Å². The lowest BCUT2D eigenvalue weighted by Crippen LogP contribution is -1.99. The molecule has 5 nitrogen and oxygen atoms in total. The van der Waals surface area contributed by atoms with Crippen LogP contribution >= 0.6 is 11.6 Å². The first-order chi connectivity index (χ1) is 14.2. The second-order valence-corrected chi connectivity index (χ2v) is 7.03. The van der Waals surface area contributed by atoms with Gasteiger partial charge in [0.15, 0.2) is 11.5 Å². The summed E-state index contributed by atoms with van der Waals surface area (Å²) in [5, 5.41) is 1.73. The van der Waals surface area contributed by atoms with Gasteiger partial charge in [-0.1, -0.05) is 23.7 Å². The van der Waals surface area contributed by atoms with E-state index in [0.717, 1.165) is 28.6 Å². The fourth-order valence-corrected chi connectivity index (χ4v) is 3.47. The minimum atomic E-state index is 0.340. The molecule has 2 heterocycles. The summed E-state index contributed by atoms with van der Waals surface area (Å²) in [7, 11) is 3.25. The van der Waals surface area contributed by atoms with Crippen LogP contribution in [0.3, 0.4) is 0 Å². The van der Waals surface area contributed by atoms with Crippen LogP contribution in [0.1, 0.15) is 16.7 Å². The number of rotatable bonds is 7. The predicted octanol–water partition coefficient (Wildman–Crippen LogP) is 5.40. The highest BCUT2D eigenvalue weighted by atomic mass is 35.5. The van der Waals surface area contributed by atoms with Crippen LogP contribution in [0, 0.1) is 0 Å². The zero-order valence-corrected chi connectivity index (χ0v) is 17.0. The van der Waals surface area contributed by atoms with Crippen molar-refractivity contribution in [3.05, 3.63) is 82.6 Å². The molecule has 0 atom stereocenters. The number of nitrogens with one attached hydrogen (secondary N) is 1. The largest absolute Gasteiger partial charge is 0.497 e. The SMILES string of the molecule is COc1ccc(COc2ccc(Cc3c[nH]c4ncccc34)cc2OC)c(Cl)c1. The lowest BCUT2D eigenvalue weighted by Gasteiger charge is -2.13. The fourth-order valence-electron chi connectivity index (χ4n) is 3.25. The number of hydrogen-bond acceptors (Lipinski definition) is 4. The highest BCUT2D eigenvalue weighted by Gasteiger charge is 2.11. The van der Waals surface area contributed by atoms with E-state index in [9.17, 15) is 0 Å². The van der Waals surface area contributed by atoms with E-state index in [0.29, 0.717) is 28.9 Å². The summed E-state index contributed by atoms with van der Waals surface area (Å²) in [6, 6.07) is 15.5. The third-order valence-corrected chi connectivity index (χ3v) is 5.15. The molecule has 4 aromatic rings. The number of benzene rings is 2. The van der Waals surface area contributed by atoms with E-state index < -0.39 is 0 Å². The van der Waals surface area contributed by atoms with Gasteiger partial charge in [0.25, 0.3) is 0 Å². The molecule has 0 spiro atoms. The van der Waals surface area contributed by atoms with Gasteiger partial charge in [0.2, 0.25) is 0 Å². The molecule has 148 valence electrons. The first-order valence-corrected chi connectivity index (χ1v) is 9.59. The molecule has 29 heavy (non-hydrogen) atoms. The van der Waals surface area contributed by atoms with Crippen LogP contribution in [0.2, 0.25) is 5.02 Å². The van der Waals surface area contributed by atoms with Gasteiger partial charge >= 0.3 is 0 Å². The Balaban J connectivity index is 1.51. The van der Waals surface area contributed by atoms with Gasteiger partial charge < -0.3 is 19.2 Å². The molecule has 0 saturated carbocycles. The molecule has 6 heteroatoms. The van der Waals surface area contributed by atoms with Gasteiger partial charge in [-0.3, -0.25) is 0 Å². The van der Waals surface area contributed by atoms with Gasteiger partial charge in [0, 0.05) is 23.3 Å². The number of pyridine rings is 1. The van der Waals surface area contributed by atoms with Crippen LogP contribution in [0.4, 0.5) is 0 Å². The Morgan fingerprint density at radius 1 is 0.966 bits per heavy atom. The highest BCUT2D eigenvalue weighted by Crippen LogP contribution is 2.31. The molecular formula is C23H21ClN2O3. The van der Waals surface area contributed by atoms with Crippen molar-refractivity contribution in [2.75, 3.05) is 14.2 Å². The molecule has 0 bridgehead atoms. The summed E-state index contributed by atoms with van der Waals surface area (Å²) >= 11 is 6.30. The molecule has 0 fully saturated rings. The van der Waals surface area contributed by atoms with Crippen molar-refractivity contribution in [3.8, 4) is 17.2 Å². The van der Waals surface area contributed by atoms with Gasteiger partial charge in [-0.2, -0.15) is 0 Å². The average molecular weight is 409 g/mol. The summed E-state index contributed by atoms with van der Waals surface area (Å²) in [4.78, 5) is 7.56. The van der Waals surface area contributed by atoms with Crippen LogP contribution < -0.4 is 14.2 Å². The van der Waals surface area contributed by atoms with Crippen molar-refractivity contribution in [3.63, 3.8) is 0 Å². The monoisotopic (exact) mass is 408 g/mol. The number of hydrogen-bond donors (Lipinski definition) is 1. The van der Waals surface area contributed by atoms with Crippen LogP contribution in [0.25, 0.3) is 11.0 Å². The Labute approximate surface area is 174 Å². The van der Waals surface area contributed by atoms with Crippen molar-refractivity contribution in [1.29, 1.82) is 0 Å². The molecular weight excluding hydrogens is 388 g/mol. The Kier molecular flexibility index (Phi) is 5.58. The fraction of sp³-hybridized carbons (Fsp3) is 0.174. The topological polar surface area (TPSA) is 56.4 Å². The number of methoxy groups -OCH3 is 2. The Hall–Kier alpha value is -3.18. The number of ether oxygens (including phenoxy) is 3. The number of H-pyrrole nitrogens is 1. The van der Waals surface area contributed by atoms with Crippen LogP contribution in [0.5, 0.6) is 17.2 Å². The number of nitrogens with zero attached hydrogens (tertiary/aromatic N) is 1. The maximum Gasteiger partial charge on any atom is 0.161 e. The molecule has 0 aliphatic rings. The maximum absolute atomic E-state index is 6.30. The number of fused-ring (bicyclic) bond motifs is 1. The summed E-state index contributed by atoms with van der Waals surface area (Å²) < 4.78 is 16.7. The molecule has 1 N–H and O–H groups in total. The van der Waals surface area contributed by atoms with Crippen LogP contribution in [-0.4, -0.2) is 24.2 Å². The lowest BCUT2D eigenvalue weighted by molar-refractivity contribution is 0.284. The van der Waals surface area contributed by atoms with Crippen LogP contribution in [0.15, 0.2) is 60.9 Å². The Morgan fingerprint density at radius 3 is 2.66 bits per heavy atom. The van der Waals surface area contributed by atoms with Crippen molar-refractivity contribution in [2.45, 2.75) is 13.0 Å². The standard InChI is InChI=1S/C23H21ClN2O3/c1-27-18-7-6-16(20(24)12-18)14-29-21-8-5-15(11-22(21)28-2)10-17-13-26-23-19(17)4-3-9-25-23/h3-9,11-13H,10,14H2,1-2H3,(H,25,26). The second kappa shape index (κ2) is 8.45. The minimum Gasteiger partial charge on any atom is -0.497 e. The highest BCUT2D eigenvalue weighted by molar-refractivity contribution is 6.31. The molecule has 0 radical (unpaired) electrons. The molecule has 0 saturated heterocycles. The van der Waals surface area contributed by atoms with E-state index in [-0.39, 0.29) is 0 Å². The first kappa shape index (κ1) is 19.2. The molecule has 2 aromatic heterocycles. The molecule has 2 aromatic carbocycles. The summed E-state index contributed by atoms with van der Waals surface area (Å²) in [5.41, 5.74) is 4.09. The van der Waals surface area contributed by atoms with Crippen molar-refractivity contribution < 1.29 is 14.2 Å². The quantitative estimate of drug-likeness (QED) is 0.444. The summed E-state index contributed by atoms with van der Waals surface area (Å²) in [5.74, 6) is 2.07. The van der Waals surface area contributed by atoms with Crippen molar-refractivity contribution >= 4 is 22.6 Å². The average Bonchev–Trinajstić information content (AvgIpc) is 3.16. The van der Waals surface area contributed by atoms with E-state index in [2.05, 4.69) is 16.0 Å². The zero-order valence-electron chi connectivity index (χ0n) is 16.2. The molecule has 0 amide bonds. The third kappa shape index (κ3) is 4.15. The van der Waals surface area contributed by atoms with Crippen molar-refractivity contribution in [2.24, 2.45) is 0 Å². The number of aromatic nitrogens is 2. The van der Waals surface area contributed by atoms with E-state index in [1.807, 2.05) is 42.6 Å². The van der Waals surface area contributed by atoms with Gasteiger partial charge in [0.05, 0.1) is 19.2 Å². The molecule has 0 aliphatic carbocycles.